The van der Waals surface area contributed by atoms with Crippen molar-refractivity contribution in [2.45, 2.75) is 19.4 Å². The van der Waals surface area contributed by atoms with Crippen molar-refractivity contribution in [3.8, 4) is 6.07 Å². The molecule has 1 atom stereocenters. The van der Waals surface area contributed by atoms with E-state index in [1.165, 1.54) is 10.6 Å². The Bertz CT molecular complexity index is 726. The van der Waals surface area contributed by atoms with E-state index >= 15 is 0 Å². The summed E-state index contributed by atoms with van der Waals surface area (Å²) in [5, 5.41) is 11.5. The fraction of sp³-hybridized carbons (Fsp3) is 0.188. The Morgan fingerprint density at radius 3 is 2.57 bits per heavy atom. The number of carbonyl (C=O) groups is 1. The van der Waals surface area contributed by atoms with Crippen molar-refractivity contribution in [3.63, 3.8) is 0 Å². The number of hydrogen-bond acceptors (Lipinski definition) is 3. The molecule has 1 aromatic carbocycles. The highest BCUT2D eigenvalue weighted by Crippen LogP contribution is 2.14. The quantitative estimate of drug-likeness (QED) is 0.934. The van der Waals surface area contributed by atoms with E-state index in [2.05, 4.69) is 5.32 Å². The lowest BCUT2D eigenvalue weighted by Gasteiger charge is -2.17. The Balaban J connectivity index is 2.19. The van der Waals surface area contributed by atoms with E-state index in [-0.39, 0.29) is 11.5 Å². The Kier molecular flexibility index (Phi) is 4.52. The second-order valence-corrected chi connectivity index (χ2v) is 4.55. The molecule has 0 bridgehead atoms. The van der Waals surface area contributed by atoms with E-state index in [1.54, 1.807) is 42.6 Å². The van der Waals surface area contributed by atoms with Crippen molar-refractivity contribution in [1.82, 2.24) is 4.57 Å². The van der Waals surface area contributed by atoms with E-state index in [1.807, 2.05) is 13.0 Å². The van der Waals surface area contributed by atoms with Gasteiger partial charge in [-0.1, -0.05) is 13.0 Å². The van der Waals surface area contributed by atoms with E-state index < -0.39 is 6.04 Å². The van der Waals surface area contributed by atoms with Gasteiger partial charge in [0, 0.05) is 18.0 Å². The van der Waals surface area contributed by atoms with Crippen molar-refractivity contribution < 1.29 is 4.79 Å². The summed E-state index contributed by atoms with van der Waals surface area (Å²) in [6.07, 6.45) is 2.11. The number of amides is 1. The summed E-state index contributed by atoms with van der Waals surface area (Å²) in [4.78, 5) is 24.1. The third-order valence-corrected chi connectivity index (χ3v) is 3.16. The summed E-state index contributed by atoms with van der Waals surface area (Å²) >= 11 is 0. The number of nitriles is 1. The summed E-state index contributed by atoms with van der Waals surface area (Å²) in [5.74, 6) is -0.254. The molecule has 0 spiro atoms. The predicted octanol–water partition coefficient (Wildman–Crippen LogP) is 2.31. The number of carbonyl (C=O) groups excluding carboxylic acids is 1. The summed E-state index contributed by atoms with van der Waals surface area (Å²) in [6, 6.07) is 12.8. The van der Waals surface area contributed by atoms with Crippen molar-refractivity contribution in [1.29, 1.82) is 5.26 Å². The van der Waals surface area contributed by atoms with Gasteiger partial charge in [-0.3, -0.25) is 9.59 Å². The van der Waals surface area contributed by atoms with Crippen LogP contribution in [0.15, 0.2) is 53.5 Å². The first-order valence-electron chi connectivity index (χ1n) is 6.64. The van der Waals surface area contributed by atoms with Gasteiger partial charge in [0.25, 0.3) is 5.56 Å². The molecule has 106 valence electrons. The summed E-state index contributed by atoms with van der Waals surface area (Å²) in [7, 11) is 0. The number of pyridine rings is 1. The topological polar surface area (TPSA) is 74.9 Å². The zero-order valence-corrected chi connectivity index (χ0v) is 11.6. The lowest BCUT2D eigenvalue weighted by atomic mass is 10.1. The number of hydrogen-bond donors (Lipinski definition) is 1. The van der Waals surface area contributed by atoms with Crippen molar-refractivity contribution in [2.75, 3.05) is 5.32 Å². The maximum atomic E-state index is 12.3. The number of aromatic nitrogens is 1. The van der Waals surface area contributed by atoms with Crippen LogP contribution in [0.4, 0.5) is 5.69 Å². The molecule has 2 aromatic rings. The van der Waals surface area contributed by atoms with E-state index in [9.17, 15) is 9.59 Å². The molecule has 21 heavy (non-hydrogen) atoms. The van der Waals surface area contributed by atoms with Crippen LogP contribution in [0.5, 0.6) is 0 Å². The van der Waals surface area contributed by atoms with Crippen LogP contribution in [0.1, 0.15) is 24.9 Å². The fourth-order valence-electron chi connectivity index (χ4n) is 2.06. The average Bonchev–Trinajstić information content (AvgIpc) is 2.50. The molecule has 0 aliphatic rings. The zero-order chi connectivity index (χ0) is 15.2. The van der Waals surface area contributed by atoms with Gasteiger partial charge in [-0.25, -0.2) is 0 Å². The summed E-state index contributed by atoms with van der Waals surface area (Å²) in [6.45, 7) is 1.85. The van der Waals surface area contributed by atoms with Gasteiger partial charge >= 0.3 is 0 Å². The first-order chi connectivity index (χ1) is 10.2. The number of anilines is 1. The lowest BCUT2D eigenvalue weighted by Crippen LogP contribution is -2.32. The van der Waals surface area contributed by atoms with Crippen LogP contribution in [0.3, 0.4) is 0 Å². The van der Waals surface area contributed by atoms with E-state index in [0.717, 1.165) is 0 Å². The molecule has 1 unspecified atom stereocenters. The zero-order valence-electron chi connectivity index (χ0n) is 11.6. The minimum atomic E-state index is -0.561. The predicted molar refractivity (Wildman–Crippen MR) is 79.8 cm³/mol. The number of rotatable bonds is 4. The Morgan fingerprint density at radius 1 is 1.29 bits per heavy atom. The molecule has 0 saturated carbocycles. The molecule has 0 aliphatic carbocycles. The minimum absolute atomic E-state index is 0.209. The molecular weight excluding hydrogens is 266 g/mol. The van der Waals surface area contributed by atoms with Gasteiger partial charge in [0.05, 0.1) is 11.6 Å². The normalized spacial score (nSPS) is 11.4. The van der Waals surface area contributed by atoms with Crippen LogP contribution in [-0.4, -0.2) is 10.5 Å². The van der Waals surface area contributed by atoms with Crippen molar-refractivity contribution >= 4 is 11.6 Å². The van der Waals surface area contributed by atoms with Crippen LogP contribution < -0.4 is 10.9 Å². The van der Waals surface area contributed by atoms with Gasteiger partial charge in [-0.05, 0) is 36.8 Å². The number of benzene rings is 1. The standard InChI is InChI=1S/C16H15N3O2/c1-2-14(19-10-4-3-5-15(19)20)16(21)18-13-8-6-12(11-17)7-9-13/h3-10,14H,2H2,1H3,(H,18,21). The molecule has 0 fully saturated rings. The van der Waals surface area contributed by atoms with Crippen molar-refractivity contribution in [3.05, 3.63) is 64.6 Å². The van der Waals surface area contributed by atoms with Gasteiger partial charge in [0.15, 0.2) is 0 Å². The van der Waals surface area contributed by atoms with Gasteiger partial charge in [-0.15, -0.1) is 0 Å². The van der Waals surface area contributed by atoms with Crippen molar-refractivity contribution in [2.24, 2.45) is 0 Å². The molecular formula is C16H15N3O2. The highest BCUT2D eigenvalue weighted by atomic mass is 16.2. The highest BCUT2D eigenvalue weighted by molar-refractivity contribution is 5.93. The molecule has 5 heteroatoms. The molecule has 2 rings (SSSR count). The SMILES string of the molecule is CCC(C(=O)Nc1ccc(C#N)cc1)n1ccccc1=O. The number of nitrogens with zero attached hydrogens (tertiary/aromatic N) is 2. The first-order valence-corrected chi connectivity index (χ1v) is 6.64. The second-order valence-electron chi connectivity index (χ2n) is 4.55. The molecule has 0 saturated heterocycles. The third-order valence-electron chi connectivity index (χ3n) is 3.16. The Labute approximate surface area is 122 Å². The van der Waals surface area contributed by atoms with Crippen LogP contribution in [0.2, 0.25) is 0 Å². The van der Waals surface area contributed by atoms with Crippen LogP contribution in [0.25, 0.3) is 0 Å². The maximum Gasteiger partial charge on any atom is 0.251 e. The second kappa shape index (κ2) is 6.53. The minimum Gasteiger partial charge on any atom is -0.324 e. The van der Waals surface area contributed by atoms with Gasteiger partial charge < -0.3 is 9.88 Å². The van der Waals surface area contributed by atoms with Gasteiger partial charge in [0.1, 0.15) is 6.04 Å². The molecule has 5 nitrogen and oxygen atoms in total. The summed E-state index contributed by atoms with van der Waals surface area (Å²) < 4.78 is 1.42. The highest BCUT2D eigenvalue weighted by Gasteiger charge is 2.19. The van der Waals surface area contributed by atoms with Gasteiger partial charge in [-0.2, -0.15) is 5.26 Å². The lowest BCUT2D eigenvalue weighted by molar-refractivity contribution is -0.119. The smallest absolute Gasteiger partial charge is 0.251 e. The number of nitrogens with one attached hydrogen (secondary N) is 1. The summed E-state index contributed by atoms with van der Waals surface area (Å²) in [5.41, 5.74) is 0.917. The van der Waals surface area contributed by atoms with Crippen LogP contribution >= 0.6 is 0 Å². The van der Waals surface area contributed by atoms with E-state index in [0.29, 0.717) is 17.7 Å². The first kappa shape index (κ1) is 14.5. The molecule has 0 aliphatic heterocycles. The van der Waals surface area contributed by atoms with Crippen LogP contribution in [-0.2, 0) is 4.79 Å². The molecule has 0 radical (unpaired) electrons. The van der Waals surface area contributed by atoms with E-state index in [4.69, 9.17) is 5.26 Å². The maximum absolute atomic E-state index is 12.3. The molecule has 1 amide bonds. The molecule has 1 aromatic heterocycles. The Morgan fingerprint density at radius 2 is 2.00 bits per heavy atom. The third kappa shape index (κ3) is 3.37. The largest absolute Gasteiger partial charge is 0.324 e. The van der Waals surface area contributed by atoms with Gasteiger partial charge in [0.2, 0.25) is 5.91 Å². The molecule has 1 heterocycles. The fourth-order valence-corrected chi connectivity index (χ4v) is 2.06. The van der Waals surface area contributed by atoms with Crippen LogP contribution in [0, 0.1) is 11.3 Å². The molecule has 1 N–H and O–H groups in total. The monoisotopic (exact) mass is 281 g/mol. The average molecular weight is 281 g/mol. The Hall–Kier alpha value is -2.87.